The van der Waals surface area contributed by atoms with Crippen LogP contribution in [0.5, 0.6) is 0 Å². The molecule has 0 fully saturated rings. The second-order valence-electron chi connectivity index (χ2n) is 3.57. The molecule has 1 aromatic rings. The van der Waals surface area contributed by atoms with Gasteiger partial charge >= 0.3 is 0 Å². The number of rotatable bonds is 8. The third kappa shape index (κ3) is 5.93. The third-order valence-electron chi connectivity index (χ3n) is 2.09. The van der Waals surface area contributed by atoms with E-state index in [1.165, 1.54) is 11.8 Å². The van der Waals surface area contributed by atoms with Gasteiger partial charge in [0.15, 0.2) is 0 Å². The molecule has 1 unspecified atom stereocenters. The van der Waals surface area contributed by atoms with Gasteiger partial charge in [-0.25, -0.2) is 0 Å². The SMILES string of the molecule is COCCOCC(O)CSc1ccccc1N. The lowest BCUT2D eigenvalue weighted by Crippen LogP contribution is -2.19. The monoisotopic (exact) mass is 257 g/mol. The molecule has 1 atom stereocenters. The lowest BCUT2D eigenvalue weighted by atomic mass is 10.3. The predicted molar refractivity (Wildman–Crippen MR) is 70.3 cm³/mol. The number of nitrogen functional groups attached to an aromatic ring is 1. The summed E-state index contributed by atoms with van der Waals surface area (Å²) in [7, 11) is 1.62. The van der Waals surface area contributed by atoms with Crippen LogP contribution < -0.4 is 5.73 Å². The number of aliphatic hydroxyl groups is 1. The molecule has 0 aromatic heterocycles. The Morgan fingerprint density at radius 3 is 2.82 bits per heavy atom. The summed E-state index contributed by atoms with van der Waals surface area (Å²) in [5.41, 5.74) is 6.54. The van der Waals surface area contributed by atoms with E-state index in [1.54, 1.807) is 7.11 Å². The molecule has 0 saturated heterocycles. The summed E-state index contributed by atoms with van der Waals surface area (Å²) < 4.78 is 10.1. The van der Waals surface area contributed by atoms with Gasteiger partial charge in [-0.1, -0.05) is 12.1 Å². The topological polar surface area (TPSA) is 64.7 Å². The molecule has 0 aliphatic heterocycles. The van der Waals surface area contributed by atoms with Gasteiger partial charge in [0.05, 0.1) is 25.9 Å². The molecular formula is C12H19NO3S. The van der Waals surface area contributed by atoms with E-state index in [0.29, 0.717) is 25.6 Å². The van der Waals surface area contributed by atoms with Crippen molar-refractivity contribution in [2.45, 2.75) is 11.0 Å². The van der Waals surface area contributed by atoms with Crippen LogP contribution in [0.25, 0.3) is 0 Å². The van der Waals surface area contributed by atoms with Gasteiger partial charge in [0.25, 0.3) is 0 Å². The number of aliphatic hydroxyl groups excluding tert-OH is 1. The van der Waals surface area contributed by atoms with Crippen molar-refractivity contribution in [2.24, 2.45) is 0 Å². The first-order valence-corrected chi connectivity index (χ1v) is 6.44. The van der Waals surface area contributed by atoms with Crippen molar-refractivity contribution < 1.29 is 14.6 Å². The predicted octanol–water partition coefficient (Wildman–Crippen LogP) is 1.38. The van der Waals surface area contributed by atoms with Crippen LogP contribution in [0.2, 0.25) is 0 Å². The summed E-state index contributed by atoms with van der Waals surface area (Å²) in [6.45, 7) is 1.38. The normalized spacial score (nSPS) is 12.6. The molecule has 0 aliphatic rings. The Hall–Kier alpha value is -0.750. The highest BCUT2D eigenvalue weighted by Crippen LogP contribution is 2.24. The Balaban J connectivity index is 2.19. The Morgan fingerprint density at radius 2 is 2.12 bits per heavy atom. The number of benzene rings is 1. The van der Waals surface area contributed by atoms with Crippen molar-refractivity contribution in [2.75, 3.05) is 38.4 Å². The van der Waals surface area contributed by atoms with Crippen LogP contribution in [0.4, 0.5) is 5.69 Å². The van der Waals surface area contributed by atoms with Crippen LogP contribution in [0.15, 0.2) is 29.2 Å². The van der Waals surface area contributed by atoms with Crippen molar-refractivity contribution in [3.8, 4) is 0 Å². The van der Waals surface area contributed by atoms with Gasteiger partial charge in [-0.15, -0.1) is 11.8 Å². The second-order valence-corrected chi connectivity index (χ2v) is 4.63. The van der Waals surface area contributed by atoms with E-state index in [1.807, 2.05) is 24.3 Å². The average Bonchev–Trinajstić information content (AvgIpc) is 2.34. The van der Waals surface area contributed by atoms with Crippen LogP contribution in [-0.2, 0) is 9.47 Å². The molecule has 4 nitrogen and oxygen atoms in total. The first-order valence-electron chi connectivity index (χ1n) is 5.46. The molecule has 1 rings (SSSR count). The standard InChI is InChI=1S/C12H19NO3S/c1-15-6-7-16-8-10(14)9-17-12-5-3-2-4-11(12)13/h2-5,10,14H,6-9,13H2,1H3. The molecule has 0 spiro atoms. The molecule has 1 aromatic carbocycles. The minimum absolute atomic E-state index is 0.323. The Labute approximate surface area is 106 Å². The van der Waals surface area contributed by atoms with E-state index < -0.39 is 6.10 Å². The van der Waals surface area contributed by atoms with Gasteiger partial charge in [-0.3, -0.25) is 0 Å². The molecular weight excluding hydrogens is 238 g/mol. The number of para-hydroxylation sites is 1. The average molecular weight is 257 g/mol. The largest absolute Gasteiger partial charge is 0.398 e. The highest BCUT2D eigenvalue weighted by molar-refractivity contribution is 7.99. The molecule has 0 radical (unpaired) electrons. The third-order valence-corrected chi connectivity index (χ3v) is 3.33. The first-order chi connectivity index (χ1) is 8.24. The molecule has 3 N–H and O–H groups in total. The van der Waals surface area contributed by atoms with E-state index in [2.05, 4.69) is 0 Å². The zero-order valence-corrected chi connectivity index (χ0v) is 10.8. The minimum atomic E-state index is -0.489. The van der Waals surface area contributed by atoms with Gasteiger partial charge in [0, 0.05) is 23.4 Å². The maximum Gasteiger partial charge on any atom is 0.0867 e. The van der Waals surface area contributed by atoms with E-state index in [4.69, 9.17) is 15.2 Å². The highest BCUT2D eigenvalue weighted by Gasteiger charge is 2.06. The highest BCUT2D eigenvalue weighted by atomic mass is 32.2. The van der Waals surface area contributed by atoms with E-state index in [-0.39, 0.29) is 0 Å². The Kier molecular flexibility index (Phi) is 7.04. The van der Waals surface area contributed by atoms with Crippen molar-refractivity contribution in [3.63, 3.8) is 0 Å². The quantitative estimate of drug-likeness (QED) is 0.418. The number of anilines is 1. The maximum absolute atomic E-state index is 9.67. The Bertz CT molecular complexity index is 322. The van der Waals surface area contributed by atoms with Crippen molar-refractivity contribution >= 4 is 17.4 Å². The summed E-state index contributed by atoms with van der Waals surface area (Å²) in [6, 6.07) is 7.62. The maximum atomic E-state index is 9.67. The first kappa shape index (κ1) is 14.3. The second kappa shape index (κ2) is 8.36. The fourth-order valence-corrected chi connectivity index (χ4v) is 2.09. The van der Waals surface area contributed by atoms with Crippen LogP contribution >= 0.6 is 11.8 Å². The van der Waals surface area contributed by atoms with Crippen molar-refractivity contribution in [1.29, 1.82) is 0 Å². The van der Waals surface area contributed by atoms with Crippen LogP contribution in [0.3, 0.4) is 0 Å². The zero-order valence-electron chi connectivity index (χ0n) is 9.96. The molecule has 5 heteroatoms. The van der Waals surface area contributed by atoms with E-state index in [9.17, 15) is 5.11 Å². The van der Waals surface area contributed by atoms with Gasteiger partial charge in [-0.2, -0.15) is 0 Å². The lowest BCUT2D eigenvalue weighted by Gasteiger charge is -2.11. The fraction of sp³-hybridized carbons (Fsp3) is 0.500. The van der Waals surface area contributed by atoms with Crippen LogP contribution in [0, 0.1) is 0 Å². The smallest absolute Gasteiger partial charge is 0.0867 e. The summed E-state index contributed by atoms with van der Waals surface area (Å²) in [4.78, 5) is 0.989. The van der Waals surface area contributed by atoms with Gasteiger partial charge in [-0.05, 0) is 12.1 Å². The number of methoxy groups -OCH3 is 1. The van der Waals surface area contributed by atoms with Crippen LogP contribution in [0.1, 0.15) is 0 Å². The fourth-order valence-electron chi connectivity index (χ4n) is 1.21. The molecule has 17 heavy (non-hydrogen) atoms. The van der Waals surface area contributed by atoms with Gasteiger partial charge in [0.2, 0.25) is 0 Å². The van der Waals surface area contributed by atoms with Crippen molar-refractivity contribution in [1.82, 2.24) is 0 Å². The molecule has 0 saturated carbocycles. The van der Waals surface area contributed by atoms with E-state index in [0.717, 1.165) is 10.6 Å². The van der Waals surface area contributed by atoms with Crippen LogP contribution in [-0.4, -0.2) is 43.9 Å². The van der Waals surface area contributed by atoms with Gasteiger partial charge in [0.1, 0.15) is 0 Å². The minimum Gasteiger partial charge on any atom is -0.398 e. The molecule has 0 amide bonds. The number of hydrogen-bond donors (Lipinski definition) is 2. The van der Waals surface area contributed by atoms with Gasteiger partial charge < -0.3 is 20.3 Å². The molecule has 0 heterocycles. The molecule has 0 bridgehead atoms. The summed E-state index contributed by atoms with van der Waals surface area (Å²) in [5, 5.41) is 9.67. The zero-order chi connectivity index (χ0) is 12.5. The lowest BCUT2D eigenvalue weighted by molar-refractivity contribution is 0.0218. The number of ether oxygens (including phenoxy) is 2. The van der Waals surface area contributed by atoms with E-state index >= 15 is 0 Å². The summed E-state index contributed by atoms with van der Waals surface area (Å²) >= 11 is 1.53. The summed E-state index contributed by atoms with van der Waals surface area (Å²) in [6.07, 6.45) is -0.489. The number of nitrogens with two attached hydrogens (primary N) is 1. The summed E-state index contributed by atoms with van der Waals surface area (Å²) in [5.74, 6) is 0.571. The Morgan fingerprint density at radius 1 is 1.35 bits per heavy atom. The number of thioether (sulfide) groups is 1. The molecule has 96 valence electrons. The van der Waals surface area contributed by atoms with Crippen molar-refractivity contribution in [3.05, 3.63) is 24.3 Å². The number of hydrogen-bond acceptors (Lipinski definition) is 5. The molecule has 0 aliphatic carbocycles.